The molecule has 2 rings (SSSR count). The van der Waals surface area contributed by atoms with Crippen LogP contribution in [0.5, 0.6) is 0 Å². The molecule has 10 heteroatoms. The lowest BCUT2D eigenvalue weighted by Crippen LogP contribution is -2.35. The number of nitrogen functional groups attached to an aromatic ring is 1. The van der Waals surface area contributed by atoms with Gasteiger partial charge in [-0.05, 0) is 12.1 Å². The highest BCUT2D eigenvalue weighted by Gasteiger charge is 2.21. The monoisotopic (exact) mass is 371 g/mol. The van der Waals surface area contributed by atoms with Gasteiger partial charge in [0.1, 0.15) is 11.4 Å². The van der Waals surface area contributed by atoms with Crippen LogP contribution in [0.3, 0.4) is 0 Å². The fraction of sp³-hybridized carbons (Fsp3) is 0.143. The van der Waals surface area contributed by atoms with Gasteiger partial charge in [0.2, 0.25) is 5.78 Å². The lowest BCUT2D eigenvalue weighted by atomic mass is 10.2. The fourth-order valence-corrected chi connectivity index (χ4v) is 2.43. The number of benzene rings is 1. The molecule has 126 valence electrons. The van der Waals surface area contributed by atoms with Crippen molar-refractivity contribution in [2.75, 3.05) is 12.3 Å². The zero-order valence-electron chi connectivity index (χ0n) is 12.3. The lowest BCUT2D eigenvalue weighted by molar-refractivity contribution is 0.0474. The van der Waals surface area contributed by atoms with Crippen molar-refractivity contribution in [1.82, 2.24) is 9.55 Å². The first kappa shape index (κ1) is 17.8. The van der Waals surface area contributed by atoms with Crippen molar-refractivity contribution in [3.8, 4) is 0 Å². The maximum absolute atomic E-state index is 12.1. The van der Waals surface area contributed by atoms with Crippen LogP contribution in [0, 0.1) is 0 Å². The Bertz CT molecular complexity index is 928. The van der Waals surface area contributed by atoms with Crippen molar-refractivity contribution in [2.24, 2.45) is 7.05 Å². The number of rotatable bonds is 4. The topological polar surface area (TPSA) is 124 Å². The number of Topliss-reactive ketones (excluding diaryl/α,β-unsaturated/α-hetero) is 1. The number of nitrogens with two attached hydrogens (primary N) is 1. The SMILES string of the molecule is Cn1c(N)c(C(=O)COC(=O)c2c(Cl)cccc2Cl)c(=O)[nH]c1=O. The van der Waals surface area contributed by atoms with E-state index in [4.69, 9.17) is 33.7 Å². The molecule has 1 aromatic carbocycles. The molecule has 1 aromatic heterocycles. The quantitative estimate of drug-likeness (QED) is 0.610. The van der Waals surface area contributed by atoms with Gasteiger partial charge < -0.3 is 10.5 Å². The van der Waals surface area contributed by atoms with Crippen molar-refractivity contribution in [3.63, 3.8) is 0 Å². The van der Waals surface area contributed by atoms with Gasteiger partial charge in [-0.1, -0.05) is 29.3 Å². The number of H-pyrrole nitrogens is 1. The molecule has 0 spiro atoms. The minimum absolute atomic E-state index is 0.0550. The average Bonchev–Trinajstić information content (AvgIpc) is 2.50. The summed E-state index contributed by atoms with van der Waals surface area (Å²) in [6.45, 7) is -0.772. The van der Waals surface area contributed by atoms with Crippen LogP contribution >= 0.6 is 23.2 Å². The molecule has 2 aromatic rings. The highest BCUT2D eigenvalue weighted by molar-refractivity contribution is 6.39. The van der Waals surface area contributed by atoms with Crippen molar-refractivity contribution in [3.05, 3.63) is 60.2 Å². The number of hydrogen-bond acceptors (Lipinski definition) is 6. The fourth-order valence-electron chi connectivity index (χ4n) is 1.87. The van der Waals surface area contributed by atoms with E-state index in [0.29, 0.717) is 0 Å². The average molecular weight is 372 g/mol. The number of nitrogens with one attached hydrogen (secondary N) is 1. The van der Waals surface area contributed by atoms with Gasteiger partial charge in [0, 0.05) is 7.05 Å². The second-order valence-electron chi connectivity index (χ2n) is 4.67. The van der Waals surface area contributed by atoms with Crippen LogP contribution in [0.15, 0.2) is 27.8 Å². The number of ether oxygens (including phenoxy) is 1. The van der Waals surface area contributed by atoms with E-state index in [1.165, 1.54) is 25.2 Å². The van der Waals surface area contributed by atoms with Crippen LogP contribution in [-0.2, 0) is 11.8 Å². The van der Waals surface area contributed by atoms with Gasteiger partial charge in [0.05, 0.1) is 15.6 Å². The summed E-state index contributed by atoms with van der Waals surface area (Å²) < 4.78 is 5.72. The molecule has 0 saturated heterocycles. The van der Waals surface area contributed by atoms with Crippen LogP contribution in [0.25, 0.3) is 0 Å². The number of aromatic amines is 1. The van der Waals surface area contributed by atoms with Gasteiger partial charge in [0.15, 0.2) is 6.61 Å². The number of esters is 1. The minimum atomic E-state index is -0.965. The Kier molecular flexibility index (Phi) is 5.10. The van der Waals surface area contributed by atoms with Crippen LogP contribution in [0.2, 0.25) is 10.0 Å². The Morgan fingerprint density at radius 1 is 1.21 bits per heavy atom. The molecule has 0 bridgehead atoms. The minimum Gasteiger partial charge on any atom is -0.454 e. The van der Waals surface area contributed by atoms with Crippen LogP contribution in [0.1, 0.15) is 20.7 Å². The molecule has 0 saturated carbocycles. The van der Waals surface area contributed by atoms with E-state index in [0.717, 1.165) is 4.57 Å². The standard InChI is InChI=1S/C14H11Cl2N3O5/c1-19-11(17)10(12(21)18-14(19)23)8(20)5-24-13(22)9-6(15)3-2-4-7(9)16/h2-4H,5,17H2,1H3,(H,18,21,23). The largest absolute Gasteiger partial charge is 0.454 e. The maximum atomic E-state index is 12.1. The van der Waals surface area contributed by atoms with Gasteiger partial charge in [-0.15, -0.1) is 0 Å². The molecule has 0 aliphatic heterocycles. The Hall–Kier alpha value is -2.58. The summed E-state index contributed by atoms with van der Waals surface area (Å²) in [5.41, 5.74) is 3.28. The number of aromatic nitrogens is 2. The molecular weight excluding hydrogens is 361 g/mol. The van der Waals surface area contributed by atoms with Crippen molar-refractivity contribution >= 4 is 40.8 Å². The Morgan fingerprint density at radius 2 is 1.79 bits per heavy atom. The van der Waals surface area contributed by atoms with Crippen LogP contribution < -0.4 is 17.0 Å². The maximum Gasteiger partial charge on any atom is 0.341 e. The summed E-state index contributed by atoms with van der Waals surface area (Å²) >= 11 is 11.7. The number of nitrogens with zero attached hydrogens (tertiary/aromatic N) is 1. The normalized spacial score (nSPS) is 10.5. The van der Waals surface area contributed by atoms with E-state index in [1.54, 1.807) is 0 Å². The predicted molar refractivity (Wildman–Crippen MR) is 87.8 cm³/mol. The number of carbonyl (C=O) groups is 2. The molecule has 0 atom stereocenters. The van der Waals surface area contributed by atoms with Gasteiger partial charge in [-0.25, -0.2) is 9.59 Å². The smallest absolute Gasteiger partial charge is 0.341 e. The first-order chi connectivity index (χ1) is 11.2. The first-order valence-electron chi connectivity index (χ1n) is 6.47. The third kappa shape index (κ3) is 3.34. The second kappa shape index (κ2) is 6.90. The van der Waals surface area contributed by atoms with Gasteiger partial charge >= 0.3 is 11.7 Å². The number of hydrogen-bond donors (Lipinski definition) is 2. The molecule has 8 nitrogen and oxygen atoms in total. The van der Waals surface area contributed by atoms with Crippen molar-refractivity contribution < 1.29 is 14.3 Å². The Balaban J connectivity index is 2.24. The summed E-state index contributed by atoms with van der Waals surface area (Å²) in [6.07, 6.45) is 0. The van der Waals surface area contributed by atoms with E-state index in [1.807, 2.05) is 4.98 Å². The molecular formula is C14H11Cl2N3O5. The summed E-state index contributed by atoms with van der Waals surface area (Å²) in [5, 5.41) is 0.110. The highest BCUT2D eigenvalue weighted by Crippen LogP contribution is 2.25. The molecule has 0 amide bonds. The van der Waals surface area contributed by atoms with E-state index in [2.05, 4.69) is 0 Å². The molecule has 0 fully saturated rings. The summed E-state index contributed by atoms with van der Waals surface area (Å²) in [5.74, 6) is -2.14. The van der Waals surface area contributed by atoms with Crippen LogP contribution in [0.4, 0.5) is 5.82 Å². The third-order valence-electron chi connectivity index (χ3n) is 3.15. The van der Waals surface area contributed by atoms with Crippen LogP contribution in [-0.4, -0.2) is 27.9 Å². The molecule has 24 heavy (non-hydrogen) atoms. The van der Waals surface area contributed by atoms with Crippen molar-refractivity contribution in [2.45, 2.75) is 0 Å². The van der Waals surface area contributed by atoms with Crippen molar-refractivity contribution in [1.29, 1.82) is 0 Å². The Morgan fingerprint density at radius 3 is 2.38 bits per heavy atom. The molecule has 0 unspecified atom stereocenters. The van der Waals surface area contributed by atoms with E-state index >= 15 is 0 Å². The molecule has 0 aliphatic rings. The number of carbonyl (C=O) groups excluding carboxylic acids is 2. The van der Waals surface area contributed by atoms with Gasteiger partial charge in [-0.2, -0.15) is 0 Å². The van der Waals surface area contributed by atoms with Gasteiger partial charge in [0.25, 0.3) is 5.56 Å². The summed E-state index contributed by atoms with van der Waals surface area (Å²) in [4.78, 5) is 49.1. The summed E-state index contributed by atoms with van der Waals surface area (Å²) in [6, 6.07) is 4.40. The van der Waals surface area contributed by atoms with E-state index in [-0.39, 0.29) is 21.4 Å². The highest BCUT2D eigenvalue weighted by atomic mass is 35.5. The lowest BCUT2D eigenvalue weighted by Gasteiger charge is -2.09. The Labute approximate surface area is 144 Å². The van der Waals surface area contributed by atoms with E-state index < -0.39 is 35.2 Å². The zero-order chi connectivity index (χ0) is 18.0. The zero-order valence-corrected chi connectivity index (χ0v) is 13.8. The third-order valence-corrected chi connectivity index (χ3v) is 3.78. The number of halogens is 2. The summed E-state index contributed by atoms with van der Waals surface area (Å²) in [7, 11) is 1.28. The number of anilines is 1. The molecule has 0 aliphatic carbocycles. The van der Waals surface area contributed by atoms with Gasteiger partial charge in [-0.3, -0.25) is 19.1 Å². The number of ketones is 1. The second-order valence-corrected chi connectivity index (χ2v) is 5.49. The molecule has 0 radical (unpaired) electrons. The molecule has 1 heterocycles. The van der Waals surface area contributed by atoms with E-state index in [9.17, 15) is 19.2 Å². The predicted octanol–water partition coefficient (Wildman–Crippen LogP) is 1.00. The molecule has 3 N–H and O–H groups in total. The first-order valence-corrected chi connectivity index (χ1v) is 7.22.